The van der Waals surface area contributed by atoms with E-state index >= 15 is 0 Å². The fraction of sp³-hybridized carbons (Fsp3) is 0.667. The van der Waals surface area contributed by atoms with Gasteiger partial charge in [0.2, 0.25) is 0 Å². The average Bonchev–Trinajstić information content (AvgIpc) is 2.59. The summed E-state index contributed by atoms with van der Waals surface area (Å²) in [5, 5.41) is 0. The molecule has 23 heavy (non-hydrogen) atoms. The van der Waals surface area contributed by atoms with Crippen LogP contribution in [0.4, 0.5) is 0 Å². The van der Waals surface area contributed by atoms with Crippen LogP contribution in [0.15, 0.2) is 24.3 Å². The maximum Gasteiger partial charge on any atom is 0.119 e. The standard InChI is InChI=1S/C18H31N3O2/c1-2-22-14-15-23-18-6-4-17(5-7-18)16-21-12-10-20(11-13-21)9-3-8-19/h4-7H,2-3,8-16,19H2,1H3. The zero-order valence-electron chi connectivity index (χ0n) is 14.4. The highest BCUT2D eigenvalue weighted by atomic mass is 16.5. The first-order valence-corrected chi connectivity index (χ1v) is 8.76. The van der Waals surface area contributed by atoms with Crippen LogP contribution < -0.4 is 10.5 Å². The molecule has 0 bridgehead atoms. The van der Waals surface area contributed by atoms with E-state index in [2.05, 4.69) is 34.1 Å². The summed E-state index contributed by atoms with van der Waals surface area (Å²) in [5.41, 5.74) is 6.92. The molecular formula is C18H31N3O2. The van der Waals surface area contributed by atoms with Gasteiger partial charge in [-0.25, -0.2) is 0 Å². The van der Waals surface area contributed by atoms with Gasteiger partial charge >= 0.3 is 0 Å². The van der Waals surface area contributed by atoms with Crippen molar-refractivity contribution in [2.75, 3.05) is 59.1 Å². The molecule has 1 fully saturated rings. The van der Waals surface area contributed by atoms with E-state index < -0.39 is 0 Å². The Morgan fingerprint density at radius 3 is 2.35 bits per heavy atom. The predicted octanol–water partition coefficient (Wildman–Crippen LogP) is 1.57. The summed E-state index contributed by atoms with van der Waals surface area (Å²) in [6.07, 6.45) is 1.10. The topological polar surface area (TPSA) is 51.0 Å². The lowest BCUT2D eigenvalue weighted by Gasteiger charge is -2.34. The normalized spacial score (nSPS) is 16.6. The van der Waals surface area contributed by atoms with Crippen molar-refractivity contribution in [2.45, 2.75) is 19.9 Å². The van der Waals surface area contributed by atoms with Gasteiger partial charge in [0.25, 0.3) is 0 Å². The number of piperazine rings is 1. The fourth-order valence-corrected chi connectivity index (χ4v) is 2.80. The Bertz CT molecular complexity index is 417. The molecule has 1 aromatic rings. The Hall–Kier alpha value is -1.14. The van der Waals surface area contributed by atoms with Crippen LogP contribution >= 0.6 is 0 Å². The van der Waals surface area contributed by atoms with Crippen LogP contribution in [0.25, 0.3) is 0 Å². The molecule has 0 radical (unpaired) electrons. The molecule has 1 aromatic carbocycles. The number of hydrogen-bond donors (Lipinski definition) is 1. The van der Waals surface area contributed by atoms with Crippen molar-refractivity contribution >= 4 is 0 Å². The van der Waals surface area contributed by atoms with E-state index in [9.17, 15) is 0 Å². The van der Waals surface area contributed by atoms with E-state index in [0.717, 1.165) is 64.6 Å². The summed E-state index contributed by atoms with van der Waals surface area (Å²) in [4.78, 5) is 5.03. The Morgan fingerprint density at radius 1 is 1.00 bits per heavy atom. The molecule has 5 nitrogen and oxygen atoms in total. The molecular weight excluding hydrogens is 290 g/mol. The van der Waals surface area contributed by atoms with Gasteiger partial charge in [0, 0.05) is 39.3 Å². The van der Waals surface area contributed by atoms with Crippen LogP contribution in [-0.2, 0) is 11.3 Å². The number of rotatable bonds is 10. The zero-order chi connectivity index (χ0) is 16.3. The molecule has 130 valence electrons. The minimum Gasteiger partial charge on any atom is -0.491 e. The second kappa shape index (κ2) is 10.6. The van der Waals surface area contributed by atoms with Crippen molar-refractivity contribution in [3.05, 3.63) is 29.8 Å². The summed E-state index contributed by atoms with van der Waals surface area (Å²) >= 11 is 0. The van der Waals surface area contributed by atoms with E-state index in [1.54, 1.807) is 0 Å². The number of ether oxygens (including phenoxy) is 2. The van der Waals surface area contributed by atoms with Crippen LogP contribution in [0.2, 0.25) is 0 Å². The minimum atomic E-state index is 0.609. The lowest BCUT2D eigenvalue weighted by Crippen LogP contribution is -2.46. The van der Waals surface area contributed by atoms with Gasteiger partial charge in [-0.1, -0.05) is 12.1 Å². The summed E-state index contributed by atoms with van der Waals surface area (Å²) in [5.74, 6) is 0.917. The van der Waals surface area contributed by atoms with Gasteiger partial charge in [-0.2, -0.15) is 0 Å². The van der Waals surface area contributed by atoms with Crippen molar-refractivity contribution in [3.8, 4) is 5.75 Å². The molecule has 1 aliphatic rings. The van der Waals surface area contributed by atoms with Crippen molar-refractivity contribution in [2.24, 2.45) is 5.73 Å². The molecule has 1 heterocycles. The molecule has 5 heteroatoms. The number of nitrogens with two attached hydrogens (primary N) is 1. The first-order chi connectivity index (χ1) is 11.3. The summed E-state index contributed by atoms with van der Waals surface area (Å²) < 4.78 is 10.9. The lowest BCUT2D eigenvalue weighted by molar-refractivity contribution is 0.110. The number of benzene rings is 1. The van der Waals surface area contributed by atoms with E-state index in [0.29, 0.717) is 13.2 Å². The quantitative estimate of drug-likeness (QED) is 0.663. The number of nitrogens with zero attached hydrogens (tertiary/aromatic N) is 2. The summed E-state index contributed by atoms with van der Waals surface area (Å²) in [6.45, 7) is 11.5. The highest BCUT2D eigenvalue weighted by Crippen LogP contribution is 2.14. The summed E-state index contributed by atoms with van der Waals surface area (Å²) in [7, 11) is 0. The van der Waals surface area contributed by atoms with Crippen molar-refractivity contribution in [1.82, 2.24) is 9.80 Å². The first-order valence-electron chi connectivity index (χ1n) is 8.76. The molecule has 2 N–H and O–H groups in total. The molecule has 0 aliphatic carbocycles. The SMILES string of the molecule is CCOCCOc1ccc(CN2CCN(CCCN)CC2)cc1. The fourth-order valence-electron chi connectivity index (χ4n) is 2.80. The third-order valence-corrected chi connectivity index (χ3v) is 4.17. The Balaban J connectivity index is 1.68. The van der Waals surface area contributed by atoms with Gasteiger partial charge in [-0.3, -0.25) is 4.90 Å². The predicted molar refractivity (Wildman–Crippen MR) is 93.8 cm³/mol. The van der Waals surface area contributed by atoms with E-state index in [1.165, 1.54) is 5.56 Å². The Labute approximate surface area is 140 Å². The van der Waals surface area contributed by atoms with Crippen LogP contribution in [0.5, 0.6) is 5.75 Å². The van der Waals surface area contributed by atoms with Gasteiger partial charge in [0.1, 0.15) is 12.4 Å². The molecule has 0 atom stereocenters. The van der Waals surface area contributed by atoms with Crippen molar-refractivity contribution in [3.63, 3.8) is 0 Å². The highest BCUT2D eigenvalue weighted by Gasteiger charge is 2.16. The smallest absolute Gasteiger partial charge is 0.119 e. The Morgan fingerprint density at radius 2 is 1.70 bits per heavy atom. The zero-order valence-corrected chi connectivity index (χ0v) is 14.4. The van der Waals surface area contributed by atoms with Crippen LogP contribution in [0.3, 0.4) is 0 Å². The molecule has 0 saturated carbocycles. The van der Waals surface area contributed by atoms with Gasteiger partial charge in [-0.15, -0.1) is 0 Å². The molecule has 0 aromatic heterocycles. The average molecular weight is 321 g/mol. The largest absolute Gasteiger partial charge is 0.491 e. The molecule has 0 amide bonds. The van der Waals surface area contributed by atoms with Gasteiger partial charge in [0.15, 0.2) is 0 Å². The van der Waals surface area contributed by atoms with Crippen molar-refractivity contribution in [1.29, 1.82) is 0 Å². The second-order valence-corrected chi connectivity index (χ2v) is 5.95. The monoisotopic (exact) mass is 321 g/mol. The van der Waals surface area contributed by atoms with E-state index in [1.807, 2.05) is 6.92 Å². The molecule has 1 saturated heterocycles. The van der Waals surface area contributed by atoms with Crippen LogP contribution in [0, 0.1) is 0 Å². The van der Waals surface area contributed by atoms with Crippen LogP contribution in [-0.4, -0.2) is 68.9 Å². The lowest BCUT2D eigenvalue weighted by atomic mass is 10.2. The molecule has 2 rings (SSSR count). The molecule has 0 spiro atoms. The van der Waals surface area contributed by atoms with Gasteiger partial charge in [-0.05, 0) is 44.1 Å². The summed E-state index contributed by atoms with van der Waals surface area (Å²) in [6, 6.07) is 8.44. The van der Waals surface area contributed by atoms with Crippen molar-refractivity contribution < 1.29 is 9.47 Å². The number of hydrogen-bond acceptors (Lipinski definition) is 5. The molecule has 0 unspecified atom stereocenters. The first kappa shape index (κ1) is 18.2. The van der Waals surface area contributed by atoms with Gasteiger partial charge in [0.05, 0.1) is 6.61 Å². The minimum absolute atomic E-state index is 0.609. The van der Waals surface area contributed by atoms with E-state index in [4.69, 9.17) is 15.2 Å². The maximum absolute atomic E-state index is 5.65. The molecule has 1 aliphatic heterocycles. The maximum atomic E-state index is 5.65. The third kappa shape index (κ3) is 6.87. The second-order valence-electron chi connectivity index (χ2n) is 5.95. The van der Waals surface area contributed by atoms with Crippen LogP contribution in [0.1, 0.15) is 18.9 Å². The third-order valence-electron chi connectivity index (χ3n) is 4.17. The Kier molecular flexibility index (Phi) is 8.39. The van der Waals surface area contributed by atoms with E-state index in [-0.39, 0.29) is 0 Å². The highest BCUT2D eigenvalue weighted by molar-refractivity contribution is 5.27. The van der Waals surface area contributed by atoms with Gasteiger partial charge < -0.3 is 20.1 Å².